The molecule has 2 rings (SSSR count). The summed E-state index contributed by atoms with van der Waals surface area (Å²) in [4.78, 5) is 2.74. The number of nitrogens with one attached hydrogen (secondary N) is 1. The van der Waals surface area contributed by atoms with Crippen LogP contribution in [0.2, 0.25) is 0 Å². The maximum Gasteiger partial charge on any atom is 0.119 e. The topological polar surface area (TPSA) is 21.3 Å². The molecule has 0 saturated carbocycles. The van der Waals surface area contributed by atoms with Gasteiger partial charge in [-0.25, -0.2) is 0 Å². The highest BCUT2D eigenvalue weighted by Gasteiger charge is 1.97. The molecule has 0 radical (unpaired) electrons. The third-order valence-corrected chi connectivity index (χ3v) is 3.63. The average molecular weight is 261 g/mol. The Morgan fingerprint density at radius 3 is 2.78 bits per heavy atom. The number of benzene rings is 1. The zero-order valence-electron chi connectivity index (χ0n) is 10.9. The van der Waals surface area contributed by atoms with E-state index < -0.39 is 0 Å². The van der Waals surface area contributed by atoms with Gasteiger partial charge in [0.1, 0.15) is 12.4 Å². The molecular formula is C15H19NOS. The maximum atomic E-state index is 5.67. The lowest BCUT2D eigenvalue weighted by atomic mass is 10.2. The highest BCUT2D eigenvalue weighted by molar-refractivity contribution is 7.11. The summed E-state index contributed by atoms with van der Waals surface area (Å²) in [5.41, 5.74) is 1.23. The van der Waals surface area contributed by atoms with Gasteiger partial charge in [0.25, 0.3) is 0 Å². The quantitative estimate of drug-likeness (QED) is 0.803. The van der Waals surface area contributed by atoms with Gasteiger partial charge in [-0.2, -0.15) is 0 Å². The van der Waals surface area contributed by atoms with E-state index in [1.807, 2.05) is 23.5 Å². The van der Waals surface area contributed by atoms with Gasteiger partial charge in [-0.05, 0) is 43.7 Å². The fraction of sp³-hybridized carbons (Fsp3) is 0.333. The summed E-state index contributed by atoms with van der Waals surface area (Å²) in [6.07, 6.45) is 0. The summed E-state index contributed by atoms with van der Waals surface area (Å²) in [5.74, 6) is 0.948. The number of hydrogen-bond donors (Lipinski definition) is 1. The van der Waals surface area contributed by atoms with Crippen molar-refractivity contribution < 1.29 is 4.74 Å². The van der Waals surface area contributed by atoms with Crippen molar-refractivity contribution in [2.75, 3.05) is 13.2 Å². The maximum absolute atomic E-state index is 5.67. The van der Waals surface area contributed by atoms with Crippen LogP contribution in [0.25, 0.3) is 0 Å². The molecule has 1 heterocycles. The fourth-order valence-corrected chi connectivity index (χ4v) is 2.60. The van der Waals surface area contributed by atoms with Gasteiger partial charge in [-0.1, -0.05) is 12.1 Å². The Morgan fingerprint density at radius 2 is 2.06 bits per heavy atom. The molecule has 0 bridgehead atoms. The van der Waals surface area contributed by atoms with E-state index in [4.69, 9.17) is 4.74 Å². The first-order valence-electron chi connectivity index (χ1n) is 6.19. The Morgan fingerprint density at radius 1 is 1.17 bits per heavy atom. The van der Waals surface area contributed by atoms with Crippen LogP contribution in [0.1, 0.15) is 15.3 Å². The Kier molecular flexibility index (Phi) is 4.79. The van der Waals surface area contributed by atoms with Crippen LogP contribution >= 0.6 is 11.3 Å². The van der Waals surface area contributed by atoms with E-state index in [0.717, 1.165) is 18.8 Å². The molecule has 0 aliphatic carbocycles. The molecule has 2 aromatic rings. The van der Waals surface area contributed by atoms with Gasteiger partial charge >= 0.3 is 0 Å². The van der Waals surface area contributed by atoms with Crippen LogP contribution in [0.15, 0.2) is 36.4 Å². The van der Waals surface area contributed by atoms with Crippen molar-refractivity contribution >= 4 is 11.3 Å². The lowest BCUT2D eigenvalue weighted by molar-refractivity contribution is 0.313. The summed E-state index contributed by atoms with van der Waals surface area (Å²) >= 11 is 1.84. The van der Waals surface area contributed by atoms with Crippen molar-refractivity contribution in [3.05, 3.63) is 51.7 Å². The lowest BCUT2D eigenvalue weighted by Crippen LogP contribution is -2.20. The van der Waals surface area contributed by atoms with E-state index in [2.05, 4.69) is 43.4 Å². The van der Waals surface area contributed by atoms with E-state index in [1.165, 1.54) is 15.3 Å². The van der Waals surface area contributed by atoms with E-state index >= 15 is 0 Å². The summed E-state index contributed by atoms with van der Waals surface area (Å²) < 4.78 is 5.67. The number of hydrogen-bond acceptors (Lipinski definition) is 3. The fourth-order valence-electron chi connectivity index (χ4n) is 1.74. The number of ether oxygens (including phenoxy) is 1. The van der Waals surface area contributed by atoms with Crippen LogP contribution in [0.4, 0.5) is 0 Å². The molecule has 2 nitrogen and oxygen atoms in total. The minimum Gasteiger partial charge on any atom is -0.492 e. The Balaban J connectivity index is 1.64. The summed E-state index contributed by atoms with van der Waals surface area (Å²) in [6.45, 7) is 6.70. The summed E-state index contributed by atoms with van der Waals surface area (Å²) in [6, 6.07) is 12.5. The average Bonchev–Trinajstić information content (AvgIpc) is 2.75. The van der Waals surface area contributed by atoms with Gasteiger partial charge in [0, 0.05) is 22.8 Å². The molecule has 0 aliphatic heterocycles. The van der Waals surface area contributed by atoms with Gasteiger partial charge in [-0.3, -0.25) is 0 Å². The SMILES string of the molecule is Cc1cccc(OCCNCc2ccc(C)s2)c1. The van der Waals surface area contributed by atoms with Crippen LogP contribution in [-0.2, 0) is 6.54 Å². The van der Waals surface area contributed by atoms with Crippen molar-refractivity contribution in [2.24, 2.45) is 0 Å². The first kappa shape index (κ1) is 13.1. The van der Waals surface area contributed by atoms with Crippen molar-refractivity contribution in [1.29, 1.82) is 0 Å². The number of aryl methyl sites for hydroxylation is 2. The summed E-state index contributed by atoms with van der Waals surface area (Å²) in [5, 5.41) is 3.39. The normalized spacial score (nSPS) is 10.6. The zero-order chi connectivity index (χ0) is 12.8. The van der Waals surface area contributed by atoms with E-state index in [-0.39, 0.29) is 0 Å². The molecule has 1 N–H and O–H groups in total. The lowest BCUT2D eigenvalue weighted by Gasteiger charge is -2.07. The second-order valence-corrected chi connectivity index (χ2v) is 5.73. The molecular weight excluding hydrogens is 242 g/mol. The standard InChI is InChI=1S/C15H19NOS/c1-12-4-3-5-14(10-12)17-9-8-16-11-15-7-6-13(2)18-15/h3-7,10,16H,8-9,11H2,1-2H3. The Hall–Kier alpha value is -1.32. The molecule has 0 saturated heterocycles. The second kappa shape index (κ2) is 6.57. The molecule has 0 atom stereocenters. The predicted molar refractivity (Wildman–Crippen MR) is 77.4 cm³/mol. The van der Waals surface area contributed by atoms with Gasteiger partial charge in [0.05, 0.1) is 0 Å². The zero-order valence-corrected chi connectivity index (χ0v) is 11.7. The van der Waals surface area contributed by atoms with E-state index in [9.17, 15) is 0 Å². The molecule has 0 aliphatic rings. The molecule has 96 valence electrons. The highest BCUT2D eigenvalue weighted by atomic mass is 32.1. The van der Waals surface area contributed by atoms with Gasteiger partial charge in [0.15, 0.2) is 0 Å². The minimum absolute atomic E-state index is 0.702. The van der Waals surface area contributed by atoms with Crippen molar-refractivity contribution in [3.8, 4) is 5.75 Å². The van der Waals surface area contributed by atoms with Crippen LogP contribution in [0.3, 0.4) is 0 Å². The molecule has 1 aromatic heterocycles. The van der Waals surface area contributed by atoms with Crippen LogP contribution in [0, 0.1) is 13.8 Å². The van der Waals surface area contributed by atoms with Crippen molar-refractivity contribution in [2.45, 2.75) is 20.4 Å². The Bertz CT molecular complexity index is 493. The minimum atomic E-state index is 0.702. The van der Waals surface area contributed by atoms with Crippen LogP contribution < -0.4 is 10.1 Å². The smallest absolute Gasteiger partial charge is 0.119 e. The molecule has 0 unspecified atom stereocenters. The number of rotatable bonds is 6. The molecule has 0 fully saturated rings. The first-order chi connectivity index (χ1) is 8.74. The monoisotopic (exact) mass is 261 g/mol. The molecule has 0 amide bonds. The van der Waals surface area contributed by atoms with Crippen LogP contribution in [0.5, 0.6) is 5.75 Å². The van der Waals surface area contributed by atoms with Crippen molar-refractivity contribution in [1.82, 2.24) is 5.32 Å². The summed E-state index contributed by atoms with van der Waals surface area (Å²) in [7, 11) is 0. The third-order valence-electron chi connectivity index (χ3n) is 2.63. The largest absolute Gasteiger partial charge is 0.492 e. The van der Waals surface area contributed by atoms with Crippen LogP contribution in [-0.4, -0.2) is 13.2 Å². The Labute approximate surface area is 113 Å². The first-order valence-corrected chi connectivity index (χ1v) is 7.01. The van der Waals surface area contributed by atoms with Gasteiger partial charge in [-0.15, -0.1) is 11.3 Å². The molecule has 1 aromatic carbocycles. The molecule has 18 heavy (non-hydrogen) atoms. The van der Waals surface area contributed by atoms with Gasteiger partial charge in [0.2, 0.25) is 0 Å². The van der Waals surface area contributed by atoms with E-state index in [1.54, 1.807) is 0 Å². The van der Waals surface area contributed by atoms with E-state index in [0.29, 0.717) is 6.61 Å². The van der Waals surface area contributed by atoms with Crippen molar-refractivity contribution in [3.63, 3.8) is 0 Å². The van der Waals surface area contributed by atoms with Gasteiger partial charge < -0.3 is 10.1 Å². The number of thiophene rings is 1. The molecule has 0 spiro atoms. The third kappa shape index (κ3) is 4.17. The molecule has 3 heteroatoms. The predicted octanol–water partition coefficient (Wildman–Crippen LogP) is 3.53. The second-order valence-electron chi connectivity index (χ2n) is 4.35. The highest BCUT2D eigenvalue weighted by Crippen LogP contribution is 2.14.